The van der Waals surface area contributed by atoms with Crippen LogP contribution in [0.3, 0.4) is 0 Å². The molecular weight excluding hydrogens is 278 g/mol. The van der Waals surface area contributed by atoms with Crippen LogP contribution in [-0.2, 0) is 12.0 Å². The second-order valence-corrected chi connectivity index (χ2v) is 7.47. The highest BCUT2D eigenvalue weighted by Gasteiger charge is 2.15. The highest BCUT2D eigenvalue weighted by atomic mass is 32.2. The highest BCUT2D eigenvalue weighted by molar-refractivity contribution is 7.99. The number of nitrogen functional groups attached to an aromatic ring is 1. The van der Waals surface area contributed by atoms with E-state index in [4.69, 9.17) is 5.73 Å². The van der Waals surface area contributed by atoms with E-state index < -0.39 is 0 Å². The van der Waals surface area contributed by atoms with Gasteiger partial charge in [-0.15, -0.1) is 0 Å². The molecule has 1 aromatic heterocycles. The van der Waals surface area contributed by atoms with Gasteiger partial charge in [-0.3, -0.25) is 4.68 Å². The summed E-state index contributed by atoms with van der Waals surface area (Å²) in [6.45, 7) is 11.7. The fourth-order valence-corrected chi connectivity index (χ4v) is 3.17. The molecule has 0 radical (unpaired) electrons. The molecule has 114 valence electrons. The van der Waals surface area contributed by atoms with Crippen molar-refractivity contribution in [3.8, 4) is 0 Å². The lowest BCUT2D eigenvalue weighted by molar-refractivity contribution is 0.556. The monoisotopic (exact) mass is 303 g/mol. The van der Waals surface area contributed by atoms with Gasteiger partial charge in [-0.2, -0.15) is 5.10 Å². The van der Waals surface area contributed by atoms with E-state index >= 15 is 0 Å². The number of hydrogen-bond donors (Lipinski definition) is 1. The van der Waals surface area contributed by atoms with Crippen molar-refractivity contribution in [1.82, 2.24) is 9.78 Å². The number of nitrogens with two attached hydrogens (primary N) is 1. The van der Waals surface area contributed by atoms with Crippen molar-refractivity contribution < 1.29 is 0 Å². The van der Waals surface area contributed by atoms with Gasteiger partial charge in [0.05, 0.1) is 11.4 Å². The molecular formula is C17H25N3S. The van der Waals surface area contributed by atoms with Gasteiger partial charge in [0.2, 0.25) is 0 Å². The van der Waals surface area contributed by atoms with Gasteiger partial charge >= 0.3 is 0 Å². The van der Waals surface area contributed by atoms with E-state index in [0.29, 0.717) is 0 Å². The zero-order chi connectivity index (χ0) is 15.6. The molecule has 1 heterocycles. The number of benzene rings is 1. The summed E-state index contributed by atoms with van der Waals surface area (Å²) < 4.78 is 2.02. The highest BCUT2D eigenvalue weighted by Crippen LogP contribution is 2.35. The number of aryl methyl sites for hydroxylation is 2. The smallest absolute Gasteiger partial charge is 0.122 e. The summed E-state index contributed by atoms with van der Waals surface area (Å²) in [7, 11) is 0. The van der Waals surface area contributed by atoms with Gasteiger partial charge in [0.25, 0.3) is 0 Å². The summed E-state index contributed by atoms with van der Waals surface area (Å²) in [5.74, 6) is 0. The van der Waals surface area contributed by atoms with Crippen LogP contribution < -0.4 is 5.73 Å². The quantitative estimate of drug-likeness (QED) is 0.895. The Morgan fingerprint density at radius 3 is 2.33 bits per heavy atom. The third-order valence-corrected chi connectivity index (χ3v) is 4.63. The number of aromatic nitrogens is 2. The standard InChI is InChI=1S/C17H25N3S/c1-6-11-20-16(15(18)12(2)19-20)21-14-9-7-13(8-10-14)17(3,4)5/h7-10H,6,11,18H2,1-5H3. The predicted octanol–water partition coefficient (Wildman–Crippen LogP) is 4.63. The molecule has 0 aliphatic carbocycles. The normalized spacial score (nSPS) is 11.9. The molecule has 21 heavy (non-hydrogen) atoms. The van der Waals surface area contributed by atoms with E-state index in [9.17, 15) is 0 Å². The van der Waals surface area contributed by atoms with Crippen molar-refractivity contribution in [3.05, 3.63) is 35.5 Å². The molecule has 0 unspecified atom stereocenters. The van der Waals surface area contributed by atoms with E-state index in [1.807, 2.05) is 11.6 Å². The molecule has 0 amide bonds. The Kier molecular flexibility index (Phi) is 4.67. The second-order valence-electron chi connectivity index (χ2n) is 6.40. The molecule has 0 fully saturated rings. The summed E-state index contributed by atoms with van der Waals surface area (Å²) in [5, 5.41) is 5.58. The van der Waals surface area contributed by atoms with Gasteiger partial charge in [0.1, 0.15) is 5.03 Å². The van der Waals surface area contributed by atoms with Crippen molar-refractivity contribution in [2.45, 2.75) is 62.9 Å². The zero-order valence-corrected chi connectivity index (χ0v) is 14.4. The van der Waals surface area contributed by atoms with Crippen molar-refractivity contribution in [3.63, 3.8) is 0 Å². The third kappa shape index (κ3) is 3.62. The summed E-state index contributed by atoms with van der Waals surface area (Å²) in [5.41, 5.74) is 9.42. The van der Waals surface area contributed by atoms with Crippen molar-refractivity contribution >= 4 is 17.4 Å². The van der Waals surface area contributed by atoms with Gasteiger partial charge in [-0.05, 0) is 36.5 Å². The van der Waals surface area contributed by atoms with Crippen LogP contribution in [0.2, 0.25) is 0 Å². The SMILES string of the molecule is CCCn1nc(C)c(N)c1Sc1ccc(C(C)(C)C)cc1. The minimum Gasteiger partial charge on any atom is -0.395 e. The first-order chi connectivity index (χ1) is 9.82. The van der Waals surface area contributed by atoms with Crippen LogP contribution in [0.15, 0.2) is 34.2 Å². The van der Waals surface area contributed by atoms with E-state index in [1.165, 1.54) is 10.5 Å². The molecule has 0 bridgehead atoms. The van der Waals surface area contributed by atoms with Gasteiger partial charge in [-0.25, -0.2) is 0 Å². The largest absolute Gasteiger partial charge is 0.395 e. The van der Waals surface area contributed by atoms with Crippen LogP contribution in [0, 0.1) is 6.92 Å². The van der Waals surface area contributed by atoms with Crippen molar-refractivity contribution in [2.75, 3.05) is 5.73 Å². The molecule has 0 aliphatic heterocycles. The predicted molar refractivity (Wildman–Crippen MR) is 90.9 cm³/mol. The summed E-state index contributed by atoms with van der Waals surface area (Å²) in [6, 6.07) is 8.74. The van der Waals surface area contributed by atoms with Crippen LogP contribution in [0.1, 0.15) is 45.4 Å². The van der Waals surface area contributed by atoms with Crippen LogP contribution >= 0.6 is 11.8 Å². The molecule has 2 N–H and O–H groups in total. The summed E-state index contributed by atoms with van der Waals surface area (Å²) >= 11 is 1.70. The minimum absolute atomic E-state index is 0.183. The Bertz CT molecular complexity index is 606. The average molecular weight is 303 g/mol. The van der Waals surface area contributed by atoms with Crippen LogP contribution in [-0.4, -0.2) is 9.78 Å². The van der Waals surface area contributed by atoms with Gasteiger partial charge in [0.15, 0.2) is 0 Å². The van der Waals surface area contributed by atoms with Gasteiger partial charge in [-0.1, -0.05) is 51.6 Å². The number of nitrogens with zero attached hydrogens (tertiary/aromatic N) is 2. The molecule has 0 aliphatic rings. The maximum atomic E-state index is 6.18. The van der Waals surface area contributed by atoms with E-state index in [0.717, 1.165) is 29.4 Å². The third-order valence-electron chi connectivity index (χ3n) is 3.50. The molecule has 0 saturated carbocycles. The average Bonchev–Trinajstić information content (AvgIpc) is 2.67. The fraction of sp³-hybridized carbons (Fsp3) is 0.471. The number of hydrogen-bond acceptors (Lipinski definition) is 3. The Labute approximate surface area is 131 Å². The summed E-state index contributed by atoms with van der Waals surface area (Å²) in [4.78, 5) is 1.20. The van der Waals surface area contributed by atoms with Gasteiger partial charge in [0, 0.05) is 11.4 Å². The summed E-state index contributed by atoms with van der Waals surface area (Å²) in [6.07, 6.45) is 1.05. The van der Waals surface area contributed by atoms with E-state index in [-0.39, 0.29) is 5.41 Å². The maximum Gasteiger partial charge on any atom is 0.122 e. The van der Waals surface area contributed by atoms with E-state index in [2.05, 4.69) is 57.1 Å². The second kappa shape index (κ2) is 6.14. The molecule has 2 aromatic rings. The fourth-order valence-electron chi connectivity index (χ4n) is 2.18. The molecule has 4 heteroatoms. The molecule has 1 aromatic carbocycles. The number of anilines is 1. The maximum absolute atomic E-state index is 6.18. The van der Waals surface area contributed by atoms with Crippen LogP contribution in [0.4, 0.5) is 5.69 Å². The lowest BCUT2D eigenvalue weighted by Gasteiger charge is -2.19. The van der Waals surface area contributed by atoms with Crippen molar-refractivity contribution in [1.29, 1.82) is 0 Å². The number of rotatable bonds is 4. The first-order valence-corrected chi connectivity index (χ1v) is 8.26. The lowest BCUT2D eigenvalue weighted by atomic mass is 9.87. The Balaban J connectivity index is 2.26. The Morgan fingerprint density at radius 2 is 1.81 bits per heavy atom. The first kappa shape index (κ1) is 16.0. The van der Waals surface area contributed by atoms with E-state index in [1.54, 1.807) is 11.8 Å². The molecule has 0 spiro atoms. The van der Waals surface area contributed by atoms with Crippen LogP contribution in [0.25, 0.3) is 0 Å². The lowest BCUT2D eigenvalue weighted by Crippen LogP contribution is -2.10. The minimum atomic E-state index is 0.183. The van der Waals surface area contributed by atoms with Crippen molar-refractivity contribution in [2.24, 2.45) is 0 Å². The van der Waals surface area contributed by atoms with Crippen LogP contribution in [0.5, 0.6) is 0 Å². The zero-order valence-electron chi connectivity index (χ0n) is 13.6. The molecule has 3 nitrogen and oxygen atoms in total. The molecule has 0 atom stereocenters. The molecule has 2 rings (SSSR count). The Hall–Kier alpha value is -1.42. The topological polar surface area (TPSA) is 43.8 Å². The Morgan fingerprint density at radius 1 is 1.19 bits per heavy atom. The van der Waals surface area contributed by atoms with Gasteiger partial charge < -0.3 is 5.73 Å². The molecule has 0 saturated heterocycles. The first-order valence-electron chi connectivity index (χ1n) is 7.44.